The van der Waals surface area contributed by atoms with Crippen molar-refractivity contribution in [2.75, 3.05) is 6.54 Å². The molecule has 0 spiro atoms. The van der Waals surface area contributed by atoms with Crippen LogP contribution in [0.4, 0.5) is 0 Å². The highest BCUT2D eigenvalue weighted by Crippen LogP contribution is 2.35. The van der Waals surface area contributed by atoms with Crippen LogP contribution in [-0.4, -0.2) is 28.4 Å². The number of nitrogens with zero attached hydrogens (tertiary/aromatic N) is 1. The van der Waals surface area contributed by atoms with Crippen LogP contribution >= 0.6 is 0 Å². The van der Waals surface area contributed by atoms with E-state index in [-0.39, 0.29) is 23.8 Å². The van der Waals surface area contributed by atoms with Crippen molar-refractivity contribution in [2.24, 2.45) is 11.8 Å². The van der Waals surface area contributed by atoms with Crippen LogP contribution in [0, 0.1) is 11.8 Å². The second kappa shape index (κ2) is 7.30. The molecule has 0 bridgehead atoms. The van der Waals surface area contributed by atoms with E-state index in [0.717, 1.165) is 23.2 Å². The van der Waals surface area contributed by atoms with E-state index < -0.39 is 5.97 Å². The smallest absolute Gasteiger partial charge is 0.306 e. The van der Waals surface area contributed by atoms with Gasteiger partial charge in [-0.15, -0.1) is 0 Å². The molecule has 1 aromatic heterocycles. The Balaban J connectivity index is 1.79. The molecule has 2 aromatic rings. The molecule has 1 saturated carbocycles. The van der Waals surface area contributed by atoms with Crippen molar-refractivity contribution in [3.63, 3.8) is 0 Å². The lowest BCUT2D eigenvalue weighted by Crippen LogP contribution is -2.38. The first-order valence-electron chi connectivity index (χ1n) is 9.03. The minimum atomic E-state index is -0.789. The lowest BCUT2D eigenvalue weighted by atomic mass is 10.0. The number of carbonyl (C=O) groups is 2. The summed E-state index contributed by atoms with van der Waals surface area (Å²) in [6.45, 7) is 4.67. The van der Waals surface area contributed by atoms with Gasteiger partial charge in [0.1, 0.15) is 11.3 Å². The third-order valence-electron chi connectivity index (χ3n) is 5.20. The first kappa shape index (κ1) is 17.5. The van der Waals surface area contributed by atoms with Crippen molar-refractivity contribution in [3.05, 3.63) is 36.1 Å². The molecule has 5 nitrogen and oxygen atoms in total. The van der Waals surface area contributed by atoms with Gasteiger partial charge < -0.3 is 14.4 Å². The Morgan fingerprint density at radius 1 is 1.28 bits per heavy atom. The molecule has 1 aliphatic carbocycles. The molecule has 25 heavy (non-hydrogen) atoms. The van der Waals surface area contributed by atoms with Gasteiger partial charge in [0.05, 0.1) is 12.0 Å². The van der Waals surface area contributed by atoms with E-state index in [1.165, 1.54) is 0 Å². The van der Waals surface area contributed by atoms with E-state index in [9.17, 15) is 14.7 Å². The second-order valence-corrected chi connectivity index (χ2v) is 6.94. The molecule has 134 valence electrons. The Morgan fingerprint density at radius 2 is 2.00 bits per heavy atom. The van der Waals surface area contributed by atoms with Gasteiger partial charge in [-0.2, -0.15) is 0 Å². The molecule has 0 saturated heterocycles. The molecular formula is C20H25NO4. The van der Waals surface area contributed by atoms with Gasteiger partial charge >= 0.3 is 5.97 Å². The number of para-hydroxylation sites is 1. The molecule has 1 N–H and O–H groups in total. The largest absolute Gasteiger partial charge is 0.481 e. The molecule has 1 unspecified atom stereocenters. The van der Waals surface area contributed by atoms with Crippen molar-refractivity contribution >= 4 is 22.8 Å². The summed E-state index contributed by atoms with van der Waals surface area (Å²) < 4.78 is 5.94. The Morgan fingerprint density at radius 3 is 2.64 bits per heavy atom. The first-order chi connectivity index (χ1) is 12.0. The number of benzene rings is 1. The number of rotatable bonds is 6. The monoisotopic (exact) mass is 343 g/mol. The summed E-state index contributed by atoms with van der Waals surface area (Å²) in [6.07, 6.45) is 2.54. The van der Waals surface area contributed by atoms with E-state index >= 15 is 0 Å². The molecule has 0 radical (unpaired) electrons. The lowest BCUT2D eigenvalue weighted by molar-refractivity contribution is -0.142. The molecule has 1 aliphatic rings. The Kier molecular flexibility index (Phi) is 5.11. The van der Waals surface area contributed by atoms with Crippen LogP contribution in [0.5, 0.6) is 0 Å². The van der Waals surface area contributed by atoms with Crippen molar-refractivity contribution in [3.8, 4) is 0 Å². The summed E-state index contributed by atoms with van der Waals surface area (Å²) in [6, 6.07) is 9.64. The average Bonchev–Trinajstić information content (AvgIpc) is 3.25. The van der Waals surface area contributed by atoms with E-state index in [0.29, 0.717) is 25.8 Å². The zero-order valence-electron chi connectivity index (χ0n) is 14.8. The number of carboxylic acid groups (broad SMARTS) is 1. The highest BCUT2D eigenvalue weighted by molar-refractivity contribution is 5.82. The van der Waals surface area contributed by atoms with Crippen molar-refractivity contribution in [2.45, 2.75) is 45.6 Å². The van der Waals surface area contributed by atoms with Gasteiger partial charge in [-0.25, -0.2) is 0 Å². The standard InChI is InChI=1S/C20H25NO4/c1-3-10-21(19(22)15-8-9-16(11-15)20(23)24)13(2)18-12-14-6-4-5-7-17(14)25-18/h4-7,12-13,15-16H,3,8-11H2,1-2H3,(H,23,24)/t13?,15-,16+/m1/s1. The van der Waals surface area contributed by atoms with Crippen LogP contribution in [0.25, 0.3) is 11.0 Å². The molecule has 3 atom stereocenters. The van der Waals surface area contributed by atoms with E-state index in [4.69, 9.17) is 4.42 Å². The molecular weight excluding hydrogens is 318 g/mol. The summed E-state index contributed by atoms with van der Waals surface area (Å²) >= 11 is 0. The number of furan rings is 1. The first-order valence-corrected chi connectivity index (χ1v) is 9.03. The number of carbonyl (C=O) groups excluding carboxylic acids is 1. The minimum Gasteiger partial charge on any atom is -0.481 e. The summed E-state index contributed by atoms with van der Waals surface area (Å²) in [5, 5.41) is 10.2. The van der Waals surface area contributed by atoms with Crippen LogP contribution in [0.15, 0.2) is 34.7 Å². The summed E-state index contributed by atoms with van der Waals surface area (Å²) in [5.74, 6) is -0.546. The molecule has 3 rings (SSSR count). The molecule has 0 aliphatic heterocycles. The predicted molar refractivity (Wildman–Crippen MR) is 95.1 cm³/mol. The number of amides is 1. The molecule has 1 amide bonds. The van der Waals surface area contributed by atoms with Gasteiger partial charge in [0.2, 0.25) is 5.91 Å². The lowest BCUT2D eigenvalue weighted by Gasteiger charge is -2.30. The third-order valence-corrected chi connectivity index (χ3v) is 5.20. The van der Waals surface area contributed by atoms with Crippen molar-refractivity contribution < 1.29 is 19.1 Å². The minimum absolute atomic E-state index is 0.0542. The van der Waals surface area contributed by atoms with Gasteiger partial charge in [-0.1, -0.05) is 25.1 Å². The molecule has 1 fully saturated rings. The molecule has 5 heteroatoms. The van der Waals surface area contributed by atoms with Gasteiger partial charge in [-0.05, 0) is 44.7 Å². The van der Waals surface area contributed by atoms with E-state index in [1.54, 1.807) is 0 Å². The van der Waals surface area contributed by atoms with E-state index in [1.807, 2.05) is 49.1 Å². The fourth-order valence-electron chi connectivity index (χ4n) is 3.76. The maximum absolute atomic E-state index is 13.0. The normalized spacial score (nSPS) is 21.4. The van der Waals surface area contributed by atoms with Gasteiger partial charge in [0.25, 0.3) is 0 Å². The zero-order chi connectivity index (χ0) is 18.0. The molecule has 1 aromatic carbocycles. The van der Waals surface area contributed by atoms with Gasteiger partial charge in [0.15, 0.2) is 0 Å². The highest BCUT2D eigenvalue weighted by Gasteiger charge is 2.37. The van der Waals surface area contributed by atoms with Crippen LogP contribution in [0.1, 0.15) is 51.3 Å². The van der Waals surface area contributed by atoms with Crippen molar-refractivity contribution in [1.29, 1.82) is 0 Å². The highest BCUT2D eigenvalue weighted by atomic mass is 16.4. The van der Waals surface area contributed by atoms with Crippen LogP contribution in [-0.2, 0) is 9.59 Å². The Labute approximate surface area is 147 Å². The summed E-state index contributed by atoms with van der Waals surface area (Å²) in [4.78, 5) is 26.1. The van der Waals surface area contributed by atoms with Crippen LogP contribution in [0.3, 0.4) is 0 Å². The summed E-state index contributed by atoms with van der Waals surface area (Å²) in [7, 11) is 0. The quantitative estimate of drug-likeness (QED) is 0.852. The van der Waals surface area contributed by atoms with Crippen LogP contribution < -0.4 is 0 Å². The number of fused-ring (bicyclic) bond motifs is 1. The number of hydrogen-bond acceptors (Lipinski definition) is 3. The zero-order valence-corrected chi connectivity index (χ0v) is 14.8. The fraction of sp³-hybridized carbons (Fsp3) is 0.500. The van der Waals surface area contributed by atoms with Crippen LogP contribution in [0.2, 0.25) is 0 Å². The fourth-order valence-corrected chi connectivity index (χ4v) is 3.76. The average molecular weight is 343 g/mol. The number of aliphatic carboxylic acids is 1. The maximum atomic E-state index is 13.0. The topological polar surface area (TPSA) is 70.8 Å². The number of hydrogen-bond donors (Lipinski definition) is 1. The predicted octanol–water partition coefficient (Wildman–Crippen LogP) is 4.23. The third kappa shape index (κ3) is 3.55. The molecule has 1 heterocycles. The van der Waals surface area contributed by atoms with Crippen molar-refractivity contribution in [1.82, 2.24) is 4.90 Å². The second-order valence-electron chi connectivity index (χ2n) is 6.94. The summed E-state index contributed by atoms with van der Waals surface area (Å²) in [5.41, 5.74) is 0.819. The van der Waals surface area contributed by atoms with Gasteiger partial charge in [-0.3, -0.25) is 9.59 Å². The van der Waals surface area contributed by atoms with Gasteiger partial charge in [0, 0.05) is 17.8 Å². The van der Waals surface area contributed by atoms with E-state index in [2.05, 4.69) is 0 Å². The maximum Gasteiger partial charge on any atom is 0.306 e. The Hall–Kier alpha value is -2.30. The Bertz CT molecular complexity index is 733. The number of carboxylic acids is 1. The SMILES string of the molecule is CCCN(C(=O)[C@@H]1CC[C@H](C(=O)O)C1)C(C)c1cc2ccccc2o1.